The molecule has 1 aromatic carbocycles. The third-order valence-electron chi connectivity index (χ3n) is 5.62. The summed E-state index contributed by atoms with van der Waals surface area (Å²) in [7, 11) is 1.80. The van der Waals surface area contributed by atoms with Gasteiger partial charge in [-0.05, 0) is 44.2 Å². The number of aliphatic imine (C=N–C) groups is 1. The van der Waals surface area contributed by atoms with Gasteiger partial charge in [-0.2, -0.15) is 0 Å². The number of halogens is 1. The molecule has 2 aromatic rings. The van der Waals surface area contributed by atoms with Gasteiger partial charge < -0.3 is 19.9 Å². The van der Waals surface area contributed by atoms with Crippen LogP contribution in [0.2, 0.25) is 0 Å². The Balaban J connectivity index is 0.00000341. The van der Waals surface area contributed by atoms with E-state index in [0.717, 1.165) is 57.9 Å². The lowest BCUT2D eigenvalue weighted by Crippen LogP contribution is -2.42. The first-order valence-corrected chi connectivity index (χ1v) is 11.0. The van der Waals surface area contributed by atoms with Crippen LogP contribution in [-0.2, 0) is 11.3 Å². The first-order chi connectivity index (χ1) is 14.7. The highest BCUT2D eigenvalue weighted by Crippen LogP contribution is 2.33. The van der Waals surface area contributed by atoms with Crippen LogP contribution in [0.4, 0.5) is 0 Å². The van der Waals surface area contributed by atoms with Gasteiger partial charge in [-0.25, -0.2) is 0 Å². The van der Waals surface area contributed by atoms with Crippen molar-refractivity contribution in [3.8, 4) is 0 Å². The quantitative estimate of drug-likeness (QED) is 0.232. The molecule has 170 valence electrons. The largest absolute Gasteiger partial charge is 0.373 e. The number of hydrogen-bond acceptors (Lipinski definition) is 3. The molecule has 0 saturated carbocycles. The van der Waals surface area contributed by atoms with Crippen molar-refractivity contribution in [1.82, 2.24) is 15.2 Å². The van der Waals surface area contributed by atoms with Crippen molar-refractivity contribution >= 4 is 29.9 Å². The van der Waals surface area contributed by atoms with E-state index < -0.39 is 0 Å². The molecule has 1 aromatic heterocycles. The van der Waals surface area contributed by atoms with Gasteiger partial charge in [-0.15, -0.1) is 24.0 Å². The Labute approximate surface area is 202 Å². The van der Waals surface area contributed by atoms with Gasteiger partial charge in [-0.3, -0.25) is 9.79 Å². The number of ether oxygens (including phenoxy) is 1. The van der Waals surface area contributed by atoms with Crippen LogP contribution in [0.5, 0.6) is 0 Å². The van der Waals surface area contributed by atoms with Gasteiger partial charge in [0.05, 0.1) is 6.10 Å². The number of nitrogens with one attached hydrogen (secondary N) is 2. The van der Waals surface area contributed by atoms with E-state index in [0.29, 0.717) is 5.92 Å². The minimum atomic E-state index is 0. The van der Waals surface area contributed by atoms with E-state index in [1.54, 1.807) is 23.7 Å². The van der Waals surface area contributed by atoms with Gasteiger partial charge in [0, 0.05) is 51.5 Å². The number of unbranched alkanes of at least 4 members (excludes halogenated alkanes) is 1. The molecular weight excluding hydrogens is 503 g/mol. The van der Waals surface area contributed by atoms with E-state index in [1.807, 2.05) is 12.3 Å². The Morgan fingerprint density at radius 1 is 1.16 bits per heavy atom. The monoisotopic (exact) mass is 538 g/mol. The summed E-state index contributed by atoms with van der Waals surface area (Å²) in [5.41, 5.74) is 2.58. The highest BCUT2D eigenvalue weighted by molar-refractivity contribution is 14.0. The maximum absolute atomic E-state index is 11.7. The first-order valence-electron chi connectivity index (χ1n) is 11.0. The van der Waals surface area contributed by atoms with Crippen LogP contribution in [0.1, 0.15) is 42.9 Å². The number of aryl methyl sites for hydroxylation is 2. The van der Waals surface area contributed by atoms with Crippen LogP contribution in [-0.4, -0.2) is 37.3 Å². The van der Waals surface area contributed by atoms with E-state index in [4.69, 9.17) is 4.74 Å². The van der Waals surface area contributed by atoms with Crippen LogP contribution in [0.3, 0.4) is 0 Å². The van der Waals surface area contributed by atoms with Crippen LogP contribution in [0, 0.1) is 12.8 Å². The molecule has 0 spiro atoms. The molecule has 0 bridgehead atoms. The van der Waals surface area contributed by atoms with Crippen molar-refractivity contribution in [2.45, 2.75) is 45.3 Å². The molecule has 2 atom stereocenters. The van der Waals surface area contributed by atoms with Gasteiger partial charge in [0.1, 0.15) is 0 Å². The second kappa shape index (κ2) is 13.5. The molecule has 1 aliphatic heterocycles. The number of aromatic nitrogens is 1. The van der Waals surface area contributed by atoms with Crippen LogP contribution in [0.25, 0.3) is 0 Å². The lowest BCUT2D eigenvalue weighted by molar-refractivity contribution is -0.0265. The molecular formula is C24H35IN4O2. The Morgan fingerprint density at radius 3 is 2.71 bits per heavy atom. The van der Waals surface area contributed by atoms with E-state index in [-0.39, 0.29) is 35.6 Å². The van der Waals surface area contributed by atoms with Gasteiger partial charge >= 0.3 is 0 Å². The fraction of sp³-hybridized carbons (Fsp3) is 0.500. The SMILES string of the molecule is CN=C(NCCCCn1ccccc1=O)NCC1CCCOC1c1ccc(C)cc1.I. The molecule has 1 aliphatic rings. The van der Waals surface area contributed by atoms with Gasteiger partial charge in [0.2, 0.25) is 5.56 Å². The summed E-state index contributed by atoms with van der Waals surface area (Å²) in [6.07, 6.45) is 6.13. The van der Waals surface area contributed by atoms with Gasteiger partial charge in [0.15, 0.2) is 5.96 Å². The zero-order valence-electron chi connectivity index (χ0n) is 18.5. The van der Waals surface area contributed by atoms with Crippen molar-refractivity contribution in [2.75, 3.05) is 26.7 Å². The van der Waals surface area contributed by atoms with Crippen molar-refractivity contribution in [3.63, 3.8) is 0 Å². The van der Waals surface area contributed by atoms with E-state index >= 15 is 0 Å². The Kier molecular flexibility index (Phi) is 11.1. The summed E-state index contributed by atoms with van der Waals surface area (Å²) in [6.45, 7) is 5.33. The highest BCUT2D eigenvalue weighted by atomic mass is 127. The van der Waals surface area contributed by atoms with E-state index in [9.17, 15) is 4.79 Å². The highest BCUT2D eigenvalue weighted by Gasteiger charge is 2.27. The zero-order valence-corrected chi connectivity index (χ0v) is 20.9. The van der Waals surface area contributed by atoms with Crippen molar-refractivity contribution < 1.29 is 4.74 Å². The third kappa shape index (κ3) is 7.96. The average molecular weight is 538 g/mol. The lowest BCUT2D eigenvalue weighted by Gasteiger charge is -2.32. The fourth-order valence-corrected chi connectivity index (χ4v) is 3.88. The number of rotatable bonds is 8. The Morgan fingerprint density at radius 2 is 1.97 bits per heavy atom. The van der Waals surface area contributed by atoms with E-state index in [1.165, 1.54) is 11.1 Å². The standard InChI is InChI=1S/C24H34N4O2.HI/c1-19-10-12-20(13-11-19)23-21(8-7-17-30-23)18-27-24(25-2)26-14-4-6-16-28-15-5-3-9-22(28)29;/h3,5,9-13,15,21,23H,4,6-8,14,16-18H2,1-2H3,(H2,25,26,27);1H. The maximum atomic E-state index is 11.7. The molecule has 31 heavy (non-hydrogen) atoms. The molecule has 2 N–H and O–H groups in total. The van der Waals surface area contributed by atoms with Crippen LogP contribution >= 0.6 is 24.0 Å². The number of guanidine groups is 1. The number of pyridine rings is 1. The van der Waals surface area contributed by atoms with Crippen LogP contribution < -0.4 is 16.2 Å². The number of hydrogen-bond donors (Lipinski definition) is 2. The molecule has 2 heterocycles. The Hall–Kier alpha value is -1.87. The molecule has 2 unspecified atom stereocenters. The molecule has 6 nitrogen and oxygen atoms in total. The second-order valence-corrected chi connectivity index (χ2v) is 7.92. The predicted molar refractivity (Wildman–Crippen MR) is 137 cm³/mol. The normalized spacial score (nSPS) is 18.8. The maximum Gasteiger partial charge on any atom is 0.250 e. The summed E-state index contributed by atoms with van der Waals surface area (Å²) in [4.78, 5) is 16.1. The number of benzene rings is 1. The minimum absolute atomic E-state index is 0. The number of nitrogens with zero attached hydrogens (tertiary/aromatic N) is 2. The molecule has 1 saturated heterocycles. The fourth-order valence-electron chi connectivity index (χ4n) is 3.88. The molecule has 0 radical (unpaired) electrons. The molecule has 7 heteroatoms. The molecule has 1 fully saturated rings. The van der Waals surface area contributed by atoms with Gasteiger partial charge in [0.25, 0.3) is 0 Å². The summed E-state index contributed by atoms with van der Waals surface area (Å²) in [6, 6.07) is 13.9. The van der Waals surface area contributed by atoms with Gasteiger partial charge in [-0.1, -0.05) is 35.9 Å². The Bertz CT molecular complexity index is 866. The smallest absolute Gasteiger partial charge is 0.250 e. The summed E-state index contributed by atoms with van der Waals surface area (Å²) >= 11 is 0. The van der Waals surface area contributed by atoms with Crippen molar-refractivity contribution in [2.24, 2.45) is 10.9 Å². The first kappa shape index (κ1) is 25.4. The lowest BCUT2D eigenvalue weighted by atomic mass is 9.89. The van der Waals surface area contributed by atoms with Crippen molar-refractivity contribution in [1.29, 1.82) is 0 Å². The average Bonchev–Trinajstić information content (AvgIpc) is 2.77. The minimum Gasteiger partial charge on any atom is -0.373 e. The van der Waals surface area contributed by atoms with Crippen LogP contribution in [0.15, 0.2) is 58.4 Å². The summed E-state index contributed by atoms with van der Waals surface area (Å²) < 4.78 is 7.87. The molecule has 0 amide bonds. The molecule has 3 rings (SSSR count). The zero-order chi connectivity index (χ0) is 21.2. The second-order valence-electron chi connectivity index (χ2n) is 7.92. The summed E-state index contributed by atoms with van der Waals surface area (Å²) in [5.74, 6) is 1.24. The van der Waals surface area contributed by atoms with E-state index in [2.05, 4.69) is 46.8 Å². The third-order valence-corrected chi connectivity index (χ3v) is 5.62. The topological polar surface area (TPSA) is 67.7 Å². The predicted octanol–water partition coefficient (Wildman–Crippen LogP) is 3.89. The molecule has 0 aliphatic carbocycles. The summed E-state index contributed by atoms with van der Waals surface area (Å²) in [5, 5.41) is 6.85. The van der Waals surface area contributed by atoms with Crippen molar-refractivity contribution in [3.05, 3.63) is 70.1 Å².